The fourth-order valence-corrected chi connectivity index (χ4v) is 6.31. The van der Waals surface area contributed by atoms with Crippen molar-refractivity contribution in [3.8, 4) is 0 Å². The van der Waals surface area contributed by atoms with Gasteiger partial charge in [0.1, 0.15) is 6.10 Å². The molecule has 3 N–H and O–H groups in total. The molecule has 0 aromatic rings. The number of amides is 1. The van der Waals surface area contributed by atoms with E-state index in [1.165, 1.54) is 128 Å². The molecule has 6 heteroatoms. The molecule has 0 spiro atoms. The summed E-state index contributed by atoms with van der Waals surface area (Å²) in [6.07, 6.45) is 33.1. The zero-order valence-electron chi connectivity index (χ0n) is 31.0. The van der Waals surface area contributed by atoms with Gasteiger partial charge in [-0.3, -0.25) is 9.59 Å². The van der Waals surface area contributed by atoms with Crippen LogP contribution in [-0.4, -0.2) is 46.9 Å². The summed E-state index contributed by atoms with van der Waals surface area (Å²) in [4.78, 5) is 25.7. The minimum absolute atomic E-state index is 0.0844. The van der Waals surface area contributed by atoms with Crippen molar-refractivity contribution in [1.82, 2.24) is 5.32 Å². The molecule has 0 aliphatic heterocycles. The number of hydrogen-bond donors (Lipinski definition) is 3. The molecule has 0 aromatic carbocycles. The standard InChI is InChI=1S/C40H79NO5/c1-4-7-10-13-16-18-19-21-24-27-30-33-40(45)46-36(31-28-25-22-15-12-9-6-3)34-39(44)41-37(35-42)38(43)32-29-26-23-20-17-14-11-8-5-2/h36-38,42-43H,4-35H2,1-3H3,(H,41,44). The van der Waals surface area contributed by atoms with E-state index in [1.54, 1.807) is 0 Å². The van der Waals surface area contributed by atoms with Gasteiger partial charge in [0.25, 0.3) is 0 Å². The Morgan fingerprint density at radius 1 is 0.543 bits per heavy atom. The second-order valence-corrected chi connectivity index (χ2v) is 14.1. The molecule has 6 nitrogen and oxygen atoms in total. The molecule has 274 valence electrons. The van der Waals surface area contributed by atoms with Gasteiger partial charge < -0.3 is 20.3 Å². The number of aliphatic hydroxyl groups excluding tert-OH is 2. The van der Waals surface area contributed by atoms with Crippen LogP contribution in [-0.2, 0) is 14.3 Å². The van der Waals surface area contributed by atoms with E-state index < -0.39 is 18.2 Å². The molecule has 0 rings (SSSR count). The van der Waals surface area contributed by atoms with Gasteiger partial charge in [-0.2, -0.15) is 0 Å². The van der Waals surface area contributed by atoms with E-state index in [-0.39, 0.29) is 24.9 Å². The molecule has 0 fully saturated rings. The third kappa shape index (κ3) is 30.2. The number of nitrogens with one attached hydrogen (secondary N) is 1. The van der Waals surface area contributed by atoms with E-state index in [4.69, 9.17) is 4.74 Å². The predicted molar refractivity (Wildman–Crippen MR) is 195 cm³/mol. The molecular weight excluding hydrogens is 574 g/mol. The van der Waals surface area contributed by atoms with E-state index in [1.807, 2.05) is 0 Å². The number of unbranched alkanes of at least 4 members (excludes halogenated alkanes) is 24. The molecule has 0 saturated heterocycles. The number of carbonyl (C=O) groups is 2. The van der Waals surface area contributed by atoms with Crippen LogP contribution >= 0.6 is 0 Å². The summed E-state index contributed by atoms with van der Waals surface area (Å²) in [6.45, 7) is 6.41. The number of aliphatic hydroxyl groups is 2. The zero-order valence-corrected chi connectivity index (χ0v) is 31.0. The number of rotatable bonds is 36. The first kappa shape index (κ1) is 44.9. The third-order valence-corrected chi connectivity index (χ3v) is 9.44. The first-order chi connectivity index (χ1) is 22.5. The lowest BCUT2D eigenvalue weighted by atomic mass is 10.0. The maximum atomic E-state index is 13.0. The van der Waals surface area contributed by atoms with Gasteiger partial charge in [-0.05, 0) is 25.7 Å². The fraction of sp³-hybridized carbons (Fsp3) is 0.950. The maximum absolute atomic E-state index is 13.0. The molecule has 3 atom stereocenters. The van der Waals surface area contributed by atoms with Crippen molar-refractivity contribution in [2.24, 2.45) is 0 Å². The van der Waals surface area contributed by atoms with Crippen LogP contribution in [0.2, 0.25) is 0 Å². The van der Waals surface area contributed by atoms with Gasteiger partial charge in [0.15, 0.2) is 0 Å². The summed E-state index contributed by atoms with van der Waals surface area (Å²) in [7, 11) is 0. The Morgan fingerprint density at radius 3 is 1.33 bits per heavy atom. The number of carbonyl (C=O) groups excluding carboxylic acids is 2. The number of esters is 1. The predicted octanol–water partition coefficient (Wildman–Crippen LogP) is 10.9. The average Bonchev–Trinajstić information content (AvgIpc) is 3.04. The van der Waals surface area contributed by atoms with Crippen molar-refractivity contribution in [3.63, 3.8) is 0 Å². The minimum atomic E-state index is -0.774. The maximum Gasteiger partial charge on any atom is 0.306 e. The highest BCUT2D eigenvalue weighted by molar-refractivity contribution is 5.77. The molecule has 0 aliphatic carbocycles. The highest BCUT2D eigenvalue weighted by atomic mass is 16.5. The smallest absolute Gasteiger partial charge is 0.306 e. The van der Waals surface area contributed by atoms with Gasteiger partial charge in [0.05, 0.1) is 25.2 Å². The Hall–Kier alpha value is -1.14. The van der Waals surface area contributed by atoms with Crippen molar-refractivity contribution in [2.45, 2.75) is 238 Å². The van der Waals surface area contributed by atoms with Crippen molar-refractivity contribution in [3.05, 3.63) is 0 Å². The Labute approximate surface area is 286 Å². The highest BCUT2D eigenvalue weighted by Crippen LogP contribution is 2.17. The van der Waals surface area contributed by atoms with Gasteiger partial charge in [0, 0.05) is 6.42 Å². The summed E-state index contributed by atoms with van der Waals surface area (Å²) in [5, 5.41) is 23.4. The minimum Gasteiger partial charge on any atom is -0.462 e. The van der Waals surface area contributed by atoms with Crippen molar-refractivity contribution >= 4 is 11.9 Å². The summed E-state index contributed by atoms with van der Waals surface area (Å²) in [6, 6.07) is -0.687. The quantitative estimate of drug-likeness (QED) is 0.0462. The number of hydrogen-bond acceptors (Lipinski definition) is 5. The highest BCUT2D eigenvalue weighted by Gasteiger charge is 2.24. The van der Waals surface area contributed by atoms with Crippen LogP contribution in [0.3, 0.4) is 0 Å². The van der Waals surface area contributed by atoms with Gasteiger partial charge in [-0.1, -0.05) is 181 Å². The molecule has 0 aliphatic rings. The summed E-state index contributed by atoms with van der Waals surface area (Å²) in [5.41, 5.74) is 0. The molecule has 46 heavy (non-hydrogen) atoms. The van der Waals surface area contributed by atoms with E-state index >= 15 is 0 Å². The average molecular weight is 654 g/mol. The van der Waals surface area contributed by atoms with Gasteiger partial charge in [0.2, 0.25) is 5.91 Å². The summed E-state index contributed by atoms with van der Waals surface area (Å²) in [5.74, 6) is -0.471. The van der Waals surface area contributed by atoms with Crippen LogP contribution in [0.5, 0.6) is 0 Å². The Balaban J connectivity index is 4.49. The Morgan fingerprint density at radius 2 is 0.913 bits per heavy atom. The van der Waals surface area contributed by atoms with Crippen molar-refractivity contribution in [2.75, 3.05) is 6.61 Å². The molecule has 0 saturated carbocycles. The molecule has 3 unspecified atom stereocenters. The summed E-state index contributed by atoms with van der Waals surface area (Å²) >= 11 is 0. The van der Waals surface area contributed by atoms with Crippen LogP contribution < -0.4 is 5.32 Å². The van der Waals surface area contributed by atoms with Crippen LogP contribution in [0.1, 0.15) is 220 Å². The largest absolute Gasteiger partial charge is 0.462 e. The molecule has 0 bridgehead atoms. The lowest BCUT2D eigenvalue weighted by molar-refractivity contribution is -0.151. The first-order valence-electron chi connectivity index (χ1n) is 20.3. The molecule has 1 amide bonds. The Kier molecular flexibility index (Phi) is 34.3. The monoisotopic (exact) mass is 654 g/mol. The lowest BCUT2D eigenvalue weighted by Crippen LogP contribution is -2.46. The fourth-order valence-electron chi connectivity index (χ4n) is 6.31. The van der Waals surface area contributed by atoms with Crippen LogP contribution in [0.4, 0.5) is 0 Å². The van der Waals surface area contributed by atoms with E-state index in [9.17, 15) is 19.8 Å². The van der Waals surface area contributed by atoms with Crippen molar-refractivity contribution < 1.29 is 24.5 Å². The molecule has 0 radical (unpaired) electrons. The third-order valence-electron chi connectivity index (χ3n) is 9.44. The molecular formula is C40H79NO5. The van der Waals surface area contributed by atoms with E-state index in [0.29, 0.717) is 19.3 Å². The van der Waals surface area contributed by atoms with Gasteiger partial charge in [-0.15, -0.1) is 0 Å². The van der Waals surface area contributed by atoms with Gasteiger partial charge >= 0.3 is 5.97 Å². The van der Waals surface area contributed by atoms with Crippen molar-refractivity contribution in [1.29, 1.82) is 0 Å². The first-order valence-corrected chi connectivity index (χ1v) is 20.3. The van der Waals surface area contributed by atoms with Crippen LogP contribution in [0.15, 0.2) is 0 Å². The number of ether oxygens (including phenoxy) is 1. The second kappa shape index (κ2) is 35.2. The van der Waals surface area contributed by atoms with Crippen LogP contribution in [0.25, 0.3) is 0 Å². The lowest BCUT2D eigenvalue weighted by Gasteiger charge is -2.24. The van der Waals surface area contributed by atoms with E-state index in [2.05, 4.69) is 26.1 Å². The second-order valence-electron chi connectivity index (χ2n) is 14.1. The summed E-state index contributed by atoms with van der Waals surface area (Å²) < 4.78 is 5.84. The Bertz CT molecular complexity index is 658. The van der Waals surface area contributed by atoms with Gasteiger partial charge in [-0.25, -0.2) is 0 Å². The normalized spacial score (nSPS) is 13.4. The molecule has 0 heterocycles. The SMILES string of the molecule is CCCCCCCCCCCCCC(=O)OC(CCCCCCCCC)CC(=O)NC(CO)C(O)CCCCCCCCCCC. The zero-order chi connectivity index (χ0) is 33.9. The van der Waals surface area contributed by atoms with E-state index in [0.717, 1.165) is 44.9 Å². The molecule has 0 aromatic heterocycles. The topological polar surface area (TPSA) is 95.9 Å². The van der Waals surface area contributed by atoms with Crippen LogP contribution in [0, 0.1) is 0 Å².